The average molecular weight is 362 g/mol. The Morgan fingerprint density at radius 3 is 2.32 bits per heavy atom. The van der Waals surface area contributed by atoms with Crippen LogP contribution in [-0.4, -0.2) is 41.6 Å². The number of aromatic nitrogens is 1. The summed E-state index contributed by atoms with van der Waals surface area (Å²) in [5, 5.41) is 3.35. The standard InChI is InChI=1S/C20H27N3O.ClH/c1-14-10-15(2)12-18(11-14)23-16(3)13-19(17(23)4)20(24)22-8-5-6-21-7-9-22;/h10-13,21H,5-9H2,1-4H3;1H. The minimum absolute atomic E-state index is 0. The minimum Gasteiger partial charge on any atom is -0.337 e. The predicted molar refractivity (Wildman–Crippen MR) is 105 cm³/mol. The molecule has 2 heterocycles. The smallest absolute Gasteiger partial charge is 0.255 e. The topological polar surface area (TPSA) is 37.3 Å². The van der Waals surface area contributed by atoms with Crippen LogP contribution in [0.15, 0.2) is 24.3 Å². The van der Waals surface area contributed by atoms with Crippen LogP contribution in [0.1, 0.15) is 39.3 Å². The second-order valence-electron chi connectivity index (χ2n) is 6.86. The van der Waals surface area contributed by atoms with E-state index in [2.05, 4.69) is 48.9 Å². The van der Waals surface area contributed by atoms with E-state index < -0.39 is 0 Å². The second kappa shape index (κ2) is 8.07. The van der Waals surface area contributed by atoms with Gasteiger partial charge in [0.2, 0.25) is 0 Å². The first kappa shape index (κ1) is 19.5. The first-order valence-electron chi connectivity index (χ1n) is 8.75. The molecule has 1 saturated heterocycles. The van der Waals surface area contributed by atoms with E-state index in [-0.39, 0.29) is 18.3 Å². The molecule has 1 aliphatic rings. The van der Waals surface area contributed by atoms with Crippen molar-refractivity contribution in [2.24, 2.45) is 0 Å². The molecular formula is C20H28ClN3O. The number of aryl methyl sites for hydroxylation is 3. The number of halogens is 1. The van der Waals surface area contributed by atoms with E-state index in [1.807, 2.05) is 17.9 Å². The van der Waals surface area contributed by atoms with Gasteiger partial charge in [-0.1, -0.05) is 6.07 Å². The van der Waals surface area contributed by atoms with Crippen molar-refractivity contribution in [3.63, 3.8) is 0 Å². The van der Waals surface area contributed by atoms with Crippen LogP contribution in [0.25, 0.3) is 5.69 Å². The monoisotopic (exact) mass is 361 g/mol. The van der Waals surface area contributed by atoms with Crippen LogP contribution in [0, 0.1) is 27.7 Å². The van der Waals surface area contributed by atoms with Crippen LogP contribution in [0.5, 0.6) is 0 Å². The van der Waals surface area contributed by atoms with Crippen LogP contribution >= 0.6 is 12.4 Å². The Kier molecular flexibility index (Phi) is 6.31. The summed E-state index contributed by atoms with van der Waals surface area (Å²) < 4.78 is 2.20. The summed E-state index contributed by atoms with van der Waals surface area (Å²) in [5.74, 6) is 0.155. The zero-order valence-electron chi connectivity index (χ0n) is 15.6. The van der Waals surface area contributed by atoms with Gasteiger partial charge in [-0.3, -0.25) is 4.79 Å². The number of carbonyl (C=O) groups excluding carboxylic acids is 1. The van der Waals surface area contributed by atoms with E-state index in [0.717, 1.165) is 55.2 Å². The number of amides is 1. The van der Waals surface area contributed by atoms with Crippen LogP contribution in [0.4, 0.5) is 0 Å². The maximum atomic E-state index is 13.0. The number of nitrogens with one attached hydrogen (secondary N) is 1. The van der Waals surface area contributed by atoms with Crippen molar-refractivity contribution in [1.82, 2.24) is 14.8 Å². The first-order valence-corrected chi connectivity index (χ1v) is 8.75. The van der Waals surface area contributed by atoms with Crippen LogP contribution in [0.2, 0.25) is 0 Å². The number of rotatable bonds is 2. The lowest BCUT2D eigenvalue weighted by molar-refractivity contribution is 0.0765. The zero-order chi connectivity index (χ0) is 17.3. The van der Waals surface area contributed by atoms with E-state index >= 15 is 0 Å². The highest BCUT2D eigenvalue weighted by Gasteiger charge is 2.22. The fraction of sp³-hybridized carbons (Fsp3) is 0.450. The summed E-state index contributed by atoms with van der Waals surface area (Å²) in [6, 6.07) is 8.57. The minimum atomic E-state index is 0. The summed E-state index contributed by atoms with van der Waals surface area (Å²) in [6.07, 6.45) is 1.02. The number of benzene rings is 1. The molecule has 2 aromatic rings. The molecule has 0 bridgehead atoms. The molecular weight excluding hydrogens is 334 g/mol. The van der Waals surface area contributed by atoms with E-state index in [1.54, 1.807) is 0 Å². The number of carbonyl (C=O) groups is 1. The Labute approximate surface area is 156 Å². The third kappa shape index (κ3) is 4.07. The maximum Gasteiger partial charge on any atom is 0.255 e. The lowest BCUT2D eigenvalue weighted by Gasteiger charge is -2.20. The van der Waals surface area contributed by atoms with Crippen molar-refractivity contribution in [1.29, 1.82) is 0 Å². The van der Waals surface area contributed by atoms with E-state index in [1.165, 1.54) is 11.1 Å². The van der Waals surface area contributed by atoms with Crippen molar-refractivity contribution in [3.05, 3.63) is 52.3 Å². The normalized spacial score (nSPS) is 14.8. The molecule has 0 spiro atoms. The molecule has 1 N–H and O–H groups in total. The van der Waals surface area contributed by atoms with Gasteiger partial charge in [0.15, 0.2) is 0 Å². The van der Waals surface area contributed by atoms with E-state index in [4.69, 9.17) is 0 Å². The predicted octanol–water partition coefficient (Wildman–Crippen LogP) is 3.57. The highest BCUT2D eigenvalue weighted by Crippen LogP contribution is 2.24. The van der Waals surface area contributed by atoms with Crippen LogP contribution < -0.4 is 5.32 Å². The summed E-state index contributed by atoms with van der Waals surface area (Å²) in [4.78, 5) is 15.0. The molecule has 25 heavy (non-hydrogen) atoms. The molecule has 1 aliphatic heterocycles. The summed E-state index contributed by atoms with van der Waals surface area (Å²) >= 11 is 0. The molecule has 136 valence electrons. The van der Waals surface area contributed by atoms with E-state index in [0.29, 0.717) is 0 Å². The third-order valence-corrected chi connectivity index (χ3v) is 4.75. The molecule has 0 radical (unpaired) electrons. The maximum absolute atomic E-state index is 13.0. The molecule has 5 heteroatoms. The first-order chi connectivity index (χ1) is 11.5. The molecule has 1 aromatic heterocycles. The van der Waals surface area contributed by atoms with Crippen LogP contribution in [0.3, 0.4) is 0 Å². The molecule has 1 fully saturated rings. The quantitative estimate of drug-likeness (QED) is 0.887. The number of hydrogen-bond donors (Lipinski definition) is 1. The van der Waals surface area contributed by atoms with Crippen molar-refractivity contribution >= 4 is 18.3 Å². The molecule has 0 atom stereocenters. The van der Waals surface area contributed by atoms with Gasteiger partial charge >= 0.3 is 0 Å². The Morgan fingerprint density at radius 2 is 1.64 bits per heavy atom. The summed E-state index contributed by atoms with van der Waals surface area (Å²) in [5.41, 5.74) is 6.58. The average Bonchev–Trinajstić information content (AvgIpc) is 2.70. The highest BCUT2D eigenvalue weighted by molar-refractivity contribution is 5.96. The van der Waals surface area contributed by atoms with Gasteiger partial charge in [0.25, 0.3) is 5.91 Å². The molecule has 1 aromatic carbocycles. The Morgan fingerprint density at radius 1 is 0.960 bits per heavy atom. The van der Waals surface area contributed by atoms with Crippen molar-refractivity contribution in [2.75, 3.05) is 26.2 Å². The summed E-state index contributed by atoms with van der Waals surface area (Å²) in [7, 11) is 0. The molecule has 0 aliphatic carbocycles. The second-order valence-corrected chi connectivity index (χ2v) is 6.86. The lowest BCUT2D eigenvalue weighted by Crippen LogP contribution is -2.34. The van der Waals surface area contributed by atoms with Gasteiger partial charge in [0.05, 0.1) is 5.56 Å². The lowest BCUT2D eigenvalue weighted by atomic mass is 10.1. The van der Waals surface area contributed by atoms with Gasteiger partial charge in [-0.05, 0) is 70.0 Å². The third-order valence-electron chi connectivity index (χ3n) is 4.75. The molecule has 1 amide bonds. The zero-order valence-corrected chi connectivity index (χ0v) is 16.4. The van der Waals surface area contributed by atoms with Gasteiger partial charge in [-0.15, -0.1) is 12.4 Å². The van der Waals surface area contributed by atoms with Gasteiger partial charge in [-0.2, -0.15) is 0 Å². The number of hydrogen-bond acceptors (Lipinski definition) is 2. The SMILES string of the molecule is Cc1cc(C)cc(-n2c(C)cc(C(=O)N3CCCNCC3)c2C)c1.Cl. The van der Waals surface area contributed by atoms with Crippen molar-refractivity contribution < 1.29 is 4.79 Å². The summed E-state index contributed by atoms with van der Waals surface area (Å²) in [6.45, 7) is 11.8. The van der Waals surface area contributed by atoms with Gasteiger partial charge in [0, 0.05) is 36.7 Å². The van der Waals surface area contributed by atoms with Crippen molar-refractivity contribution in [2.45, 2.75) is 34.1 Å². The Balaban J connectivity index is 0.00000225. The van der Waals surface area contributed by atoms with Gasteiger partial charge in [0.1, 0.15) is 0 Å². The highest BCUT2D eigenvalue weighted by atomic mass is 35.5. The van der Waals surface area contributed by atoms with Crippen molar-refractivity contribution in [3.8, 4) is 5.69 Å². The molecule has 4 nitrogen and oxygen atoms in total. The van der Waals surface area contributed by atoms with Crippen LogP contribution in [-0.2, 0) is 0 Å². The van der Waals surface area contributed by atoms with E-state index in [9.17, 15) is 4.79 Å². The largest absolute Gasteiger partial charge is 0.337 e. The fourth-order valence-electron chi connectivity index (χ4n) is 3.68. The molecule has 0 saturated carbocycles. The fourth-order valence-corrected chi connectivity index (χ4v) is 3.68. The Hall–Kier alpha value is -1.78. The number of nitrogens with zero attached hydrogens (tertiary/aromatic N) is 2. The molecule has 3 rings (SSSR count). The van der Waals surface area contributed by atoms with Gasteiger partial charge in [-0.25, -0.2) is 0 Å². The Bertz CT molecular complexity index is 738. The molecule has 0 unspecified atom stereocenters. The van der Waals surface area contributed by atoms with Gasteiger partial charge < -0.3 is 14.8 Å².